The first-order valence-electron chi connectivity index (χ1n) is 23.9. The molecule has 340 valence electrons. The molecule has 61 heavy (non-hydrogen) atoms. The molecule has 0 radical (unpaired) electrons. The predicted molar refractivity (Wildman–Crippen MR) is 258 cm³/mol. The normalized spacial score (nSPS) is 16.1. The second kappa shape index (κ2) is 22.4. The summed E-state index contributed by atoms with van der Waals surface area (Å²) in [4.78, 5) is 7.84. The van der Waals surface area contributed by atoms with Crippen molar-refractivity contribution in [3.05, 3.63) is 103 Å². The van der Waals surface area contributed by atoms with Crippen molar-refractivity contribution in [1.29, 1.82) is 0 Å². The van der Waals surface area contributed by atoms with Gasteiger partial charge in [0.2, 0.25) is 0 Å². The Morgan fingerprint density at radius 2 is 0.967 bits per heavy atom. The fourth-order valence-corrected chi connectivity index (χ4v) is 23.5. The van der Waals surface area contributed by atoms with Crippen molar-refractivity contribution in [3.63, 3.8) is 0 Å². The summed E-state index contributed by atoms with van der Waals surface area (Å²) in [5.74, 6) is -1.51. The molecule has 2 aromatic rings. The number of hydrogen-bond acceptors (Lipinski definition) is 2. The van der Waals surface area contributed by atoms with Crippen LogP contribution in [0.5, 0.6) is 0 Å². The minimum absolute atomic E-state index is 0.0910. The van der Waals surface area contributed by atoms with Gasteiger partial charge in [-0.15, -0.1) is 0 Å². The number of nitrogens with one attached hydrogen (secondary N) is 2. The van der Waals surface area contributed by atoms with Crippen LogP contribution in [0.1, 0.15) is 144 Å². The van der Waals surface area contributed by atoms with E-state index in [1.807, 2.05) is 36.5 Å². The molecule has 4 rings (SSSR count). The van der Waals surface area contributed by atoms with Gasteiger partial charge in [-0.2, -0.15) is 0 Å². The number of halogens is 4. The van der Waals surface area contributed by atoms with Gasteiger partial charge >= 0.3 is 338 Å². The molecule has 0 amide bonds. The number of hydrogen-bond donors (Lipinski definition) is 2. The van der Waals surface area contributed by atoms with E-state index < -0.39 is 56.3 Å². The summed E-state index contributed by atoms with van der Waals surface area (Å²) in [6.45, 7) is 29.8. The summed E-state index contributed by atoms with van der Waals surface area (Å²) in [7, 11) is -3.81. The average Bonchev–Trinajstić information content (AvgIpc) is 3.95. The van der Waals surface area contributed by atoms with Gasteiger partial charge in [-0.1, -0.05) is 39.5 Å². The molecule has 2 aromatic carbocycles. The monoisotopic (exact) mass is 915 g/mol. The topological polar surface area (TPSA) is 24.1 Å². The molecule has 0 heterocycles. The molecule has 0 saturated carbocycles. The fourth-order valence-electron chi connectivity index (χ4n) is 9.86. The molecule has 0 saturated heterocycles. The van der Waals surface area contributed by atoms with Crippen LogP contribution < -0.4 is 17.7 Å². The molecule has 0 fully saturated rings. The summed E-state index contributed by atoms with van der Waals surface area (Å²) < 4.78 is 70.0. The van der Waals surface area contributed by atoms with Crippen LogP contribution in [0, 0.1) is 35.1 Å². The van der Waals surface area contributed by atoms with Crippen LogP contribution >= 0.6 is 0 Å². The summed E-state index contributed by atoms with van der Waals surface area (Å²) in [6.07, 6.45) is 24.3. The third kappa shape index (κ3) is 11.5. The van der Waals surface area contributed by atoms with Gasteiger partial charge in [-0.05, 0) is 0 Å². The Kier molecular flexibility index (Phi) is 19.0. The van der Waals surface area contributed by atoms with Crippen molar-refractivity contribution in [2.45, 2.75) is 182 Å². The molecule has 0 aliphatic heterocycles. The van der Waals surface area contributed by atoms with Crippen LogP contribution in [0.4, 0.5) is 17.6 Å². The zero-order chi connectivity index (χ0) is 45.2. The molecule has 0 aromatic heterocycles. The molecule has 9 heteroatoms. The third-order valence-electron chi connectivity index (χ3n) is 16.1. The van der Waals surface area contributed by atoms with Gasteiger partial charge in [0.05, 0.1) is 0 Å². The predicted octanol–water partition coefficient (Wildman–Crippen LogP) is 14.5. The molecule has 2 aliphatic carbocycles. The van der Waals surface area contributed by atoms with E-state index in [4.69, 9.17) is 0 Å². The number of aryl methyl sites for hydroxylation is 2. The van der Waals surface area contributed by atoms with Crippen LogP contribution in [0.3, 0.4) is 0 Å². The molecule has 0 spiro atoms. The van der Waals surface area contributed by atoms with Gasteiger partial charge in [0, 0.05) is 0 Å². The van der Waals surface area contributed by atoms with E-state index in [1.54, 1.807) is 12.1 Å². The van der Waals surface area contributed by atoms with Gasteiger partial charge in [-0.25, -0.2) is 0 Å². The Morgan fingerprint density at radius 3 is 1.30 bits per heavy atom. The van der Waals surface area contributed by atoms with Crippen molar-refractivity contribution >= 4 is 24.2 Å². The summed E-state index contributed by atoms with van der Waals surface area (Å²) >= 11 is -4.90. The second-order valence-corrected chi connectivity index (χ2v) is 36.4. The average molecular weight is 915 g/mol. The summed E-state index contributed by atoms with van der Waals surface area (Å²) in [5.41, 5.74) is 0.825. The van der Waals surface area contributed by atoms with Crippen LogP contribution in [-0.4, -0.2) is 29.6 Å². The first kappa shape index (κ1) is 51.8. The fraction of sp³-hybridized carbons (Fsp3) is 0.615. The number of benzene rings is 2. The van der Waals surface area contributed by atoms with E-state index in [-0.39, 0.29) is 17.8 Å². The number of unbranched alkanes of at least 4 members (excludes halogenated alkanes) is 4. The quantitative estimate of drug-likeness (QED) is 0.0558. The van der Waals surface area contributed by atoms with Gasteiger partial charge in [0.15, 0.2) is 0 Å². The molecule has 2 aliphatic rings. The van der Waals surface area contributed by atoms with Gasteiger partial charge in [0.25, 0.3) is 0 Å². The first-order valence-corrected chi connectivity index (χ1v) is 33.0. The van der Waals surface area contributed by atoms with Crippen molar-refractivity contribution in [1.82, 2.24) is 9.96 Å². The molecule has 2 unspecified atom stereocenters. The Morgan fingerprint density at radius 1 is 0.590 bits per heavy atom. The molecule has 2 N–H and O–H groups in total. The van der Waals surface area contributed by atoms with E-state index in [9.17, 15) is 0 Å². The third-order valence-corrected chi connectivity index (χ3v) is 33.8. The van der Waals surface area contributed by atoms with Crippen molar-refractivity contribution in [2.24, 2.45) is 11.8 Å². The molecular weight excluding hydrogens is 833 g/mol. The minimum atomic E-state index is -4.90. The Labute approximate surface area is 375 Å². The van der Waals surface area contributed by atoms with Gasteiger partial charge < -0.3 is 0 Å². The van der Waals surface area contributed by atoms with E-state index >= 15 is 17.6 Å². The Balaban J connectivity index is 1.66. The van der Waals surface area contributed by atoms with E-state index in [2.05, 4.69) is 91.5 Å². The van der Waals surface area contributed by atoms with E-state index in [0.717, 1.165) is 20.8 Å². The Bertz CT molecular complexity index is 1760. The zero-order valence-electron chi connectivity index (χ0n) is 40.3. The molecular formula is C52H82F4N2Si2Ti. The summed E-state index contributed by atoms with van der Waals surface area (Å²) in [6, 6.07) is 5.83. The maximum atomic E-state index is 17.5. The van der Waals surface area contributed by atoms with Gasteiger partial charge in [-0.3, -0.25) is 0 Å². The standard InChI is InChI=1S/2C21H36F2NSi.2C5H5.Ti/c2*1-7-8-9-11-17(2)21(3,4)25(5,6)24-15-10-12-18-13-14-19(22)16-20(18)23;2*1-2-4-5-3-1;/h2*13-14,17,24H,7-12,15H2,1-6H3;2*1-3H,4H2;. The first-order chi connectivity index (χ1) is 28.7. The zero-order valence-corrected chi connectivity index (χ0v) is 43.8. The van der Waals surface area contributed by atoms with E-state index in [1.165, 1.54) is 63.5 Å². The summed E-state index contributed by atoms with van der Waals surface area (Å²) in [5, 5.41) is 0.323. The van der Waals surface area contributed by atoms with Crippen molar-refractivity contribution in [2.75, 3.05) is 13.1 Å². The molecule has 2 atom stereocenters. The Hall–Kier alpha value is -1.81. The number of allylic oxidation sites excluding steroid dienone is 8. The molecule has 0 bridgehead atoms. The van der Waals surface area contributed by atoms with Crippen LogP contribution in [0.15, 0.2) is 68.5 Å². The van der Waals surface area contributed by atoms with Crippen LogP contribution in [0.2, 0.25) is 36.3 Å². The number of rotatable bonds is 26. The van der Waals surface area contributed by atoms with Crippen LogP contribution in [-0.2, 0) is 29.4 Å². The van der Waals surface area contributed by atoms with Crippen molar-refractivity contribution < 1.29 is 34.2 Å². The van der Waals surface area contributed by atoms with Crippen LogP contribution in [0.25, 0.3) is 0 Å². The second-order valence-electron chi connectivity index (χ2n) is 20.7. The maximum absolute atomic E-state index is 17.5. The SMILES string of the molecule is CCCCCC(C)C(C)(C)[Si](C)(C)NCCCc1ccc(F)[c]([Ti]([C]2=CC=CC2)([C]2=CC=CC2)[c]2c(F)ccc(CCCN[Si](C)(C)C(C)(C)C(C)CCCCC)c2F)c1F. The van der Waals surface area contributed by atoms with E-state index in [0.29, 0.717) is 61.5 Å². The van der Waals surface area contributed by atoms with Crippen molar-refractivity contribution in [3.8, 4) is 0 Å². The van der Waals surface area contributed by atoms with Gasteiger partial charge in [0.1, 0.15) is 0 Å². The molecule has 2 nitrogen and oxygen atoms in total.